The van der Waals surface area contributed by atoms with E-state index in [1.807, 2.05) is 0 Å². The van der Waals surface area contributed by atoms with Crippen molar-refractivity contribution in [1.82, 2.24) is 0 Å². The Morgan fingerprint density at radius 1 is 0.950 bits per heavy atom. The number of hydrogen-bond donors (Lipinski definition) is 3. The van der Waals surface area contributed by atoms with E-state index in [4.69, 9.17) is 0 Å². The molecule has 1 aromatic carbocycles. The SMILES string of the molecule is CCCCCCCCCC(=O)Nc1cc(O)cc(O)c1. The molecular weight excluding hydrogens is 254 g/mol. The Labute approximate surface area is 120 Å². The lowest BCUT2D eigenvalue weighted by Gasteiger charge is -2.06. The van der Waals surface area contributed by atoms with E-state index in [-0.39, 0.29) is 17.4 Å². The molecule has 0 unspecified atom stereocenters. The van der Waals surface area contributed by atoms with Crippen LogP contribution in [0.1, 0.15) is 58.3 Å². The maximum Gasteiger partial charge on any atom is 0.224 e. The van der Waals surface area contributed by atoms with Gasteiger partial charge in [-0.1, -0.05) is 45.4 Å². The summed E-state index contributed by atoms with van der Waals surface area (Å²) in [6, 6.07) is 4.07. The van der Waals surface area contributed by atoms with Crippen molar-refractivity contribution in [1.29, 1.82) is 0 Å². The first-order valence-electron chi connectivity index (χ1n) is 7.44. The summed E-state index contributed by atoms with van der Waals surface area (Å²) in [4.78, 5) is 11.7. The van der Waals surface area contributed by atoms with E-state index in [0.717, 1.165) is 12.8 Å². The zero-order valence-corrected chi connectivity index (χ0v) is 12.2. The molecule has 0 aliphatic carbocycles. The maximum absolute atomic E-state index is 11.7. The molecule has 112 valence electrons. The van der Waals surface area contributed by atoms with Crippen LogP contribution in [0.15, 0.2) is 18.2 Å². The molecule has 0 aliphatic rings. The van der Waals surface area contributed by atoms with Crippen molar-refractivity contribution in [3.63, 3.8) is 0 Å². The number of unbranched alkanes of at least 4 members (excludes halogenated alkanes) is 6. The normalized spacial score (nSPS) is 10.4. The van der Waals surface area contributed by atoms with Crippen LogP contribution in [0.2, 0.25) is 0 Å². The number of nitrogens with one attached hydrogen (secondary N) is 1. The number of carbonyl (C=O) groups is 1. The van der Waals surface area contributed by atoms with E-state index >= 15 is 0 Å². The van der Waals surface area contributed by atoms with Gasteiger partial charge < -0.3 is 15.5 Å². The second-order valence-corrected chi connectivity index (χ2v) is 5.16. The number of phenols is 2. The summed E-state index contributed by atoms with van der Waals surface area (Å²) in [7, 11) is 0. The number of benzene rings is 1. The van der Waals surface area contributed by atoms with E-state index in [0.29, 0.717) is 12.1 Å². The van der Waals surface area contributed by atoms with Gasteiger partial charge in [-0.25, -0.2) is 0 Å². The van der Waals surface area contributed by atoms with Crippen LogP contribution in [0.4, 0.5) is 5.69 Å². The van der Waals surface area contributed by atoms with E-state index in [2.05, 4.69) is 12.2 Å². The molecule has 1 amide bonds. The first-order valence-corrected chi connectivity index (χ1v) is 7.44. The number of amides is 1. The fourth-order valence-electron chi connectivity index (χ4n) is 2.13. The molecule has 0 heterocycles. The molecule has 4 heteroatoms. The summed E-state index contributed by atoms with van der Waals surface area (Å²) in [6.07, 6.45) is 8.68. The highest BCUT2D eigenvalue weighted by molar-refractivity contribution is 5.91. The fraction of sp³-hybridized carbons (Fsp3) is 0.562. The number of hydrogen-bond acceptors (Lipinski definition) is 3. The van der Waals surface area contributed by atoms with Gasteiger partial charge in [0, 0.05) is 30.3 Å². The molecule has 0 radical (unpaired) electrons. The quantitative estimate of drug-likeness (QED) is 0.594. The van der Waals surface area contributed by atoms with Crippen LogP contribution in [0.5, 0.6) is 11.5 Å². The lowest BCUT2D eigenvalue weighted by Crippen LogP contribution is -2.10. The second kappa shape index (κ2) is 9.23. The van der Waals surface area contributed by atoms with Crippen molar-refractivity contribution in [3.8, 4) is 11.5 Å². The van der Waals surface area contributed by atoms with Crippen molar-refractivity contribution in [2.45, 2.75) is 58.3 Å². The Morgan fingerprint density at radius 2 is 1.50 bits per heavy atom. The van der Waals surface area contributed by atoms with Crippen LogP contribution in [-0.4, -0.2) is 16.1 Å². The van der Waals surface area contributed by atoms with Crippen LogP contribution in [0, 0.1) is 0 Å². The number of anilines is 1. The van der Waals surface area contributed by atoms with Crippen LogP contribution < -0.4 is 5.32 Å². The predicted molar refractivity (Wildman–Crippen MR) is 81.0 cm³/mol. The third-order valence-electron chi connectivity index (χ3n) is 3.19. The van der Waals surface area contributed by atoms with Gasteiger partial charge in [0.2, 0.25) is 5.91 Å². The van der Waals surface area contributed by atoms with Crippen molar-refractivity contribution >= 4 is 11.6 Å². The smallest absolute Gasteiger partial charge is 0.224 e. The van der Waals surface area contributed by atoms with E-state index in [1.54, 1.807) is 0 Å². The summed E-state index contributed by atoms with van der Waals surface area (Å²) < 4.78 is 0. The first kappa shape index (κ1) is 16.3. The van der Waals surface area contributed by atoms with Crippen molar-refractivity contribution in [2.75, 3.05) is 5.32 Å². The summed E-state index contributed by atoms with van der Waals surface area (Å²) in [5, 5.41) is 21.3. The van der Waals surface area contributed by atoms with Crippen LogP contribution in [0.3, 0.4) is 0 Å². The van der Waals surface area contributed by atoms with Gasteiger partial charge in [0.25, 0.3) is 0 Å². The van der Waals surface area contributed by atoms with E-state index in [1.165, 1.54) is 50.3 Å². The molecular formula is C16H25NO3. The van der Waals surface area contributed by atoms with Crippen molar-refractivity contribution < 1.29 is 15.0 Å². The summed E-state index contributed by atoms with van der Waals surface area (Å²) in [6.45, 7) is 2.20. The lowest BCUT2D eigenvalue weighted by atomic mass is 10.1. The first-order chi connectivity index (χ1) is 9.61. The van der Waals surface area contributed by atoms with Crippen LogP contribution in [-0.2, 0) is 4.79 Å². The number of phenolic OH excluding ortho intramolecular Hbond substituents is 2. The zero-order chi connectivity index (χ0) is 14.8. The number of rotatable bonds is 9. The fourth-order valence-corrected chi connectivity index (χ4v) is 2.13. The van der Waals surface area contributed by atoms with Crippen molar-refractivity contribution in [3.05, 3.63) is 18.2 Å². The van der Waals surface area contributed by atoms with Gasteiger partial charge in [-0.2, -0.15) is 0 Å². The van der Waals surface area contributed by atoms with Gasteiger partial charge in [0.15, 0.2) is 0 Å². The molecule has 0 fully saturated rings. The average molecular weight is 279 g/mol. The van der Waals surface area contributed by atoms with Gasteiger partial charge in [-0.15, -0.1) is 0 Å². The summed E-state index contributed by atoms with van der Waals surface area (Å²) >= 11 is 0. The highest BCUT2D eigenvalue weighted by Gasteiger charge is 2.04. The van der Waals surface area contributed by atoms with Gasteiger partial charge in [-0.05, 0) is 6.42 Å². The Kier molecular flexibility index (Phi) is 7.55. The largest absolute Gasteiger partial charge is 0.508 e. The second-order valence-electron chi connectivity index (χ2n) is 5.16. The maximum atomic E-state index is 11.7. The minimum Gasteiger partial charge on any atom is -0.508 e. The monoisotopic (exact) mass is 279 g/mol. The highest BCUT2D eigenvalue weighted by Crippen LogP contribution is 2.24. The Bertz CT molecular complexity index is 398. The molecule has 0 saturated carbocycles. The Balaban J connectivity index is 2.17. The third-order valence-corrected chi connectivity index (χ3v) is 3.19. The van der Waals surface area contributed by atoms with Crippen molar-refractivity contribution in [2.24, 2.45) is 0 Å². The van der Waals surface area contributed by atoms with E-state index in [9.17, 15) is 15.0 Å². The molecule has 0 aliphatic heterocycles. The van der Waals surface area contributed by atoms with Gasteiger partial charge >= 0.3 is 0 Å². The molecule has 0 saturated heterocycles. The third kappa shape index (κ3) is 7.02. The number of carbonyl (C=O) groups excluding carboxylic acids is 1. The predicted octanol–water partition coefficient (Wildman–Crippen LogP) is 4.18. The molecule has 20 heavy (non-hydrogen) atoms. The van der Waals surface area contributed by atoms with Crippen LogP contribution in [0.25, 0.3) is 0 Å². The van der Waals surface area contributed by atoms with Crippen LogP contribution >= 0.6 is 0 Å². The molecule has 0 spiro atoms. The molecule has 3 N–H and O–H groups in total. The van der Waals surface area contributed by atoms with Gasteiger partial charge in [0.1, 0.15) is 11.5 Å². The average Bonchev–Trinajstić information content (AvgIpc) is 2.36. The lowest BCUT2D eigenvalue weighted by molar-refractivity contribution is -0.116. The zero-order valence-electron chi connectivity index (χ0n) is 12.2. The highest BCUT2D eigenvalue weighted by atomic mass is 16.3. The van der Waals surface area contributed by atoms with Gasteiger partial charge in [-0.3, -0.25) is 4.79 Å². The molecule has 1 aromatic rings. The summed E-state index contributed by atoms with van der Waals surface area (Å²) in [5.74, 6) is -0.198. The molecule has 0 bridgehead atoms. The minimum atomic E-state index is -0.0800. The molecule has 0 aromatic heterocycles. The molecule has 1 rings (SSSR count). The molecule has 4 nitrogen and oxygen atoms in total. The minimum absolute atomic E-state index is 0.0591. The summed E-state index contributed by atoms with van der Waals surface area (Å²) in [5.41, 5.74) is 0.426. The Hall–Kier alpha value is -1.71. The standard InChI is InChI=1S/C16H25NO3/c1-2-3-4-5-6-7-8-9-16(20)17-13-10-14(18)12-15(19)11-13/h10-12,18-19H,2-9H2,1H3,(H,17,20). The van der Waals surface area contributed by atoms with Gasteiger partial charge in [0.05, 0.1) is 0 Å². The Morgan fingerprint density at radius 3 is 2.10 bits per heavy atom. The molecule has 0 atom stereocenters. The number of aromatic hydroxyl groups is 2. The van der Waals surface area contributed by atoms with E-state index < -0.39 is 0 Å². The topological polar surface area (TPSA) is 69.6 Å².